The molecule has 4 heteroatoms. The molecule has 0 aliphatic heterocycles. The smallest absolute Gasteiger partial charge is 0.268 e. The van der Waals surface area contributed by atoms with E-state index in [0.29, 0.717) is 16.8 Å². The van der Waals surface area contributed by atoms with Crippen LogP contribution in [0.2, 0.25) is 5.02 Å². The van der Waals surface area contributed by atoms with E-state index in [1.54, 1.807) is 0 Å². The highest BCUT2D eigenvalue weighted by Crippen LogP contribution is 2.25. The zero-order chi connectivity index (χ0) is 13.4. The molecule has 1 aliphatic carbocycles. The molecule has 1 aromatic heterocycles. The lowest BCUT2D eigenvalue weighted by Gasteiger charge is -2.11. The van der Waals surface area contributed by atoms with Gasteiger partial charge in [-0.3, -0.25) is 4.79 Å². The molecule has 1 aromatic carbocycles. The molecular weight excluding hydrogens is 260 g/mol. The second kappa shape index (κ2) is 4.89. The fraction of sp³-hybridized carbons (Fsp3) is 0.400. The number of halogens is 1. The Hall–Kier alpha value is -1.48. The minimum Gasteiger partial charge on any atom is -0.350 e. The Morgan fingerprint density at radius 2 is 2.11 bits per heavy atom. The van der Waals surface area contributed by atoms with E-state index < -0.39 is 0 Å². The molecule has 1 saturated carbocycles. The molecule has 0 unspecified atom stereocenters. The van der Waals surface area contributed by atoms with Gasteiger partial charge in [0.1, 0.15) is 5.69 Å². The average molecular weight is 277 g/mol. The molecule has 19 heavy (non-hydrogen) atoms. The van der Waals surface area contributed by atoms with Crippen molar-refractivity contribution in [1.29, 1.82) is 0 Å². The molecule has 1 fully saturated rings. The number of aromatic amines is 1. The van der Waals surface area contributed by atoms with Crippen LogP contribution in [-0.2, 0) is 0 Å². The molecule has 0 spiro atoms. The van der Waals surface area contributed by atoms with Gasteiger partial charge in [-0.25, -0.2) is 0 Å². The average Bonchev–Trinajstić information content (AvgIpc) is 2.97. The van der Waals surface area contributed by atoms with E-state index in [2.05, 4.69) is 10.3 Å². The summed E-state index contributed by atoms with van der Waals surface area (Å²) in [4.78, 5) is 15.5. The maximum Gasteiger partial charge on any atom is 0.268 e. The number of carbonyl (C=O) groups excluding carboxylic acids is 1. The highest BCUT2D eigenvalue weighted by Gasteiger charge is 2.20. The first-order chi connectivity index (χ1) is 9.15. The van der Waals surface area contributed by atoms with Crippen molar-refractivity contribution in [2.24, 2.45) is 0 Å². The Balaban J connectivity index is 1.91. The summed E-state index contributed by atoms with van der Waals surface area (Å²) in [5.74, 6) is -0.00303. The van der Waals surface area contributed by atoms with Gasteiger partial charge in [0.25, 0.3) is 5.91 Å². The van der Waals surface area contributed by atoms with Crippen molar-refractivity contribution < 1.29 is 4.79 Å². The molecule has 2 N–H and O–H groups in total. The zero-order valence-corrected chi connectivity index (χ0v) is 11.7. The topological polar surface area (TPSA) is 44.9 Å². The van der Waals surface area contributed by atoms with Crippen molar-refractivity contribution in [3.63, 3.8) is 0 Å². The number of benzene rings is 1. The number of fused-ring (bicyclic) bond motifs is 1. The highest BCUT2D eigenvalue weighted by atomic mass is 35.5. The molecule has 1 amide bonds. The van der Waals surface area contributed by atoms with E-state index in [-0.39, 0.29) is 5.91 Å². The summed E-state index contributed by atoms with van der Waals surface area (Å²) < 4.78 is 0. The summed E-state index contributed by atoms with van der Waals surface area (Å²) in [7, 11) is 0. The molecule has 0 bridgehead atoms. The summed E-state index contributed by atoms with van der Waals surface area (Å²) in [5, 5.41) is 4.84. The Morgan fingerprint density at radius 1 is 1.37 bits per heavy atom. The third-order valence-electron chi connectivity index (χ3n) is 3.94. The Kier molecular flexibility index (Phi) is 3.23. The third kappa shape index (κ3) is 2.35. The molecule has 100 valence electrons. The molecule has 1 aliphatic rings. The van der Waals surface area contributed by atoms with Gasteiger partial charge >= 0.3 is 0 Å². The molecular formula is C15H17ClN2O. The fourth-order valence-corrected chi connectivity index (χ4v) is 3.04. The van der Waals surface area contributed by atoms with Crippen LogP contribution in [0.4, 0.5) is 0 Å². The van der Waals surface area contributed by atoms with Crippen molar-refractivity contribution in [3.8, 4) is 0 Å². The normalized spacial score (nSPS) is 16.1. The maximum absolute atomic E-state index is 12.3. The number of hydrogen-bond donors (Lipinski definition) is 2. The van der Waals surface area contributed by atoms with Crippen molar-refractivity contribution >= 4 is 28.4 Å². The third-order valence-corrected chi connectivity index (χ3v) is 4.17. The van der Waals surface area contributed by atoms with E-state index in [0.717, 1.165) is 29.3 Å². The highest BCUT2D eigenvalue weighted by molar-refractivity contribution is 6.31. The monoisotopic (exact) mass is 276 g/mol. The Labute approximate surface area is 117 Å². The number of aromatic nitrogens is 1. The van der Waals surface area contributed by atoms with Gasteiger partial charge in [0.05, 0.1) is 0 Å². The second-order valence-electron chi connectivity index (χ2n) is 5.27. The number of rotatable bonds is 2. The molecule has 3 nitrogen and oxygen atoms in total. The van der Waals surface area contributed by atoms with E-state index >= 15 is 0 Å². The number of nitrogens with one attached hydrogen (secondary N) is 2. The molecule has 2 aromatic rings. The van der Waals surface area contributed by atoms with Gasteiger partial charge in [-0.05, 0) is 37.5 Å². The van der Waals surface area contributed by atoms with Crippen molar-refractivity contribution in [1.82, 2.24) is 10.3 Å². The number of H-pyrrole nitrogens is 1. The maximum atomic E-state index is 12.3. The van der Waals surface area contributed by atoms with E-state index in [1.807, 2.05) is 25.1 Å². The summed E-state index contributed by atoms with van der Waals surface area (Å²) in [6.45, 7) is 1.97. The Morgan fingerprint density at radius 3 is 2.84 bits per heavy atom. The van der Waals surface area contributed by atoms with Crippen molar-refractivity contribution in [2.75, 3.05) is 0 Å². The standard InChI is InChI=1S/C15H17ClN2O/c1-9-12-7-6-10(16)8-13(12)18-14(9)15(19)17-11-4-2-3-5-11/h6-8,11,18H,2-5H2,1H3,(H,17,19). The van der Waals surface area contributed by atoms with Crippen LogP contribution in [0, 0.1) is 6.92 Å². The van der Waals surface area contributed by atoms with E-state index in [4.69, 9.17) is 11.6 Å². The van der Waals surface area contributed by atoms with Gasteiger partial charge in [-0.1, -0.05) is 30.5 Å². The minimum absolute atomic E-state index is 0.00303. The Bertz CT molecular complexity index is 626. The van der Waals surface area contributed by atoms with Crippen LogP contribution in [-0.4, -0.2) is 16.9 Å². The quantitative estimate of drug-likeness (QED) is 0.861. The molecule has 3 rings (SSSR count). The largest absolute Gasteiger partial charge is 0.350 e. The summed E-state index contributed by atoms with van der Waals surface area (Å²) in [5.41, 5.74) is 2.56. The molecule has 1 heterocycles. The number of aryl methyl sites for hydroxylation is 1. The first kappa shape index (κ1) is 12.5. The van der Waals surface area contributed by atoms with Crippen molar-refractivity contribution in [3.05, 3.63) is 34.5 Å². The van der Waals surface area contributed by atoms with Gasteiger partial charge in [0, 0.05) is 22.0 Å². The first-order valence-corrected chi connectivity index (χ1v) is 7.11. The lowest BCUT2D eigenvalue weighted by molar-refractivity contribution is 0.0933. The second-order valence-corrected chi connectivity index (χ2v) is 5.71. The fourth-order valence-electron chi connectivity index (χ4n) is 2.86. The van der Waals surface area contributed by atoms with Crippen LogP contribution in [0.15, 0.2) is 18.2 Å². The SMILES string of the molecule is Cc1c(C(=O)NC2CCCC2)[nH]c2cc(Cl)ccc12. The first-order valence-electron chi connectivity index (χ1n) is 6.74. The predicted molar refractivity (Wildman–Crippen MR) is 77.8 cm³/mol. The van der Waals surface area contributed by atoms with Crippen LogP contribution < -0.4 is 5.32 Å². The van der Waals surface area contributed by atoms with Gasteiger partial charge in [0.2, 0.25) is 0 Å². The van der Waals surface area contributed by atoms with Crippen LogP contribution in [0.3, 0.4) is 0 Å². The summed E-state index contributed by atoms with van der Waals surface area (Å²) >= 11 is 5.98. The number of hydrogen-bond acceptors (Lipinski definition) is 1. The predicted octanol–water partition coefficient (Wildman–Crippen LogP) is 3.80. The molecule has 0 saturated heterocycles. The van der Waals surface area contributed by atoms with Gasteiger partial charge in [-0.2, -0.15) is 0 Å². The molecule has 0 atom stereocenters. The van der Waals surface area contributed by atoms with Gasteiger partial charge in [0.15, 0.2) is 0 Å². The van der Waals surface area contributed by atoms with Gasteiger partial charge < -0.3 is 10.3 Å². The van der Waals surface area contributed by atoms with Crippen molar-refractivity contribution in [2.45, 2.75) is 38.6 Å². The lowest BCUT2D eigenvalue weighted by Crippen LogP contribution is -2.33. The van der Waals surface area contributed by atoms with Crippen LogP contribution in [0.1, 0.15) is 41.7 Å². The minimum atomic E-state index is -0.00303. The summed E-state index contributed by atoms with van der Waals surface area (Å²) in [6.07, 6.45) is 4.62. The number of amides is 1. The summed E-state index contributed by atoms with van der Waals surface area (Å²) in [6, 6.07) is 6.00. The van der Waals surface area contributed by atoms with Crippen LogP contribution in [0.25, 0.3) is 10.9 Å². The van der Waals surface area contributed by atoms with Gasteiger partial charge in [-0.15, -0.1) is 0 Å². The molecule has 0 radical (unpaired) electrons. The van der Waals surface area contributed by atoms with Crippen LogP contribution in [0.5, 0.6) is 0 Å². The van der Waals surface area contributed by atoms with Crippen LogP contribution >= 0.6 is 11.6 Å². The van der Waals surface area contributed by atoms with E-state index in [1.165, 1.54) is 12.8 Å². The van der Waals surface area contributed by atoms with E-state index in [9.17, 15) is 4.79 Å². The lowest BCUT2D eigenvalue weighted by atomic mass is 10.1. The number of carbonyl (C=O) groups is 1. The zero-order valence-electron chi connectivity index (χ0n) is 10.9.